The van der Waals surface area contributed by atoms with Crippen molar-refractivity contribution in [3.05, 3.63) is 24.1 Å². The number of anilines is 1. The maximum atomic E-state index is 12.1. The summed E-state index contributed by atoms with van der Waals surface area (Å²) in [6, 6.07) is 5.69. The Balaban J connectivity index is 1.42. The molecule has 4 rings (SSSR count). The van der Waals surface area contributed by atoms with Gasteiger partial charge in [-0.1, -0.05) is 0 Å². The normalized spacial score (nSPS) is 21.9. The monoisotopic (exact) mass is 301 g/mol. The molecule has 1 amide bonds. The fraction of sp³-hybridized carbons (Fsp3) is 0.500. The number of aromatic nitrogens is 1. The van der Waals surface area contributed by atoms with E-state index in [-0.39, 0.29) is 11.9 Å². The lowest BCUT2D eigenvalue weighted by molar-refractivity contribution is -0.117. The average Bonchev–Trinajstić information content (AvgIpc) is 3.28. The zero-order valence-electron chi connectivity index (χ0n) is 12.3. The number of fused-ring (bicyclic) bond motifs is 1. The van der Waals surface area contributed by atoms with Gasteiger partial charge in [-0.2, -0.15) is 0 Å². The Hall–Kier alpha value is -1.92. The number of hydrogen-bond acceptors (Lipinski definition) is 5. The van der Waals surface area contributed by atoms with Crippen LogP contribution >= 0.6 is 0 Å². The van der Waals surface area contributed by atoms with Crippen molar-refractivity contribution in [3.8, 4) is 0 Å². The van der Waals surface area contributed by atoms with E-state index in [0.29, 0.717) is 25.6 Å². The van der Waals surface area contributed by atoms with Crippen LogP contribution < -0.4 is 10.6 Å². The van der Waals surface area contributed by atoms with E-state index in [1.165, 1.54) is 0 Å². The number of carbonyl (C=O) groups excluding carboxylic acids is 1. The second-order valence-electron chi connectivity index (χ2n) is 5.99. The minimum atomic E-state index is -0.0238. The Morgan fingerprint density at radius 3 is 3.09 bits per heavy atom. The van der Waals surface area contributed by atoms with E-state index in [1.807, 2.05) is 18.2 Å². The van der Waals surface area contributed by atoms with Crippen molar-refractivity contribution < 1.29 is 13.9 Å². The molecule has 0 bridgehead atoms. The number of nitrogens with zero attached hydrogens (tertiary/aromatic N) is 1. The third-order valence-corrected chi connectivity index (χ3v) is 4.05. The molecule has 2 heterocycles. The van der Waals surface area contributed by atoms with Crippen LogP contribution in [0.2, 0.25) is 0 Å². The molecule has 2 fully saturated rings. The van der Waals surface area contributed by atoms with Gasteiger partial charge in [-0.15, -0.1) is 0 Å². The SMILES string of the molecule is O=C(CC1COCCN1)Nc1ccc2nc(C3CC3)oc2c1. The molecule has 1 atom stereocenters. The van der Waals surface area contributed by atoms with Gasteiger partial charge in [0.2, 0.25) is 5.91 Å². The standard InChI is InChI=1S/C16H19N3O3/c20-15(8-12-9-21-6-5-17-12)18-11-3-4-13-14(7-11)22-16(19-13)10-1-2-10/h3-4,7,10,12,17H,1-2,5-6,8-9H2,(H,18,20). The van der Waals surface area contributed by atoms with Crippen LogP contribution in [0, 0.1) is 0 Å². The highest BCUT2D eigenvalue weighted by Gasteiger charge is 2.28. The summed E-state index contributed by atoms with van der Waals surface area (Å²) in [5.41, 5.74) is 2.33. The first-order valence-electron chi connectivity index (χ1n) is 7.79. The summed E-state index contributed by atoms with van der Waals surface area (Å²) >= 11 is 0. The number of hydrogen-bond donors (Lipinski definition) is 2. The van der Waals surface area contributed by atoms with Gasteiger partial charge in [-0.05, 0) is 25.0 Å². The van der Waals surface area contributed by atoms with Gasteiger partial charge in [0, 0.05) is 36.7 Å². The minimum absolute atomic E-state index is 0.0238. The second kappa shape index (κ2) is 5.70. The van der Waals surface area contributed by atoms with Crippen LogP contribution in [0.1, 0.15) is 31.1 Å². The van der Waals surface area contributed by atoms with Crippen LogP contribution in [-0.4, -0.2) is 36.7 Å². The first-order valence-corrected chi connectivity index (χ1v) is 7.79. The van der Waals surface area contributed by atoms with E-state index in [9.17, 15) is 4.79 Å². The predicted octanol–water partition coefficient (Wildman–Crippen LogP) is 2.02. The van der Waals surface area contributed by atoms with Crippen LogP contribution in [0.3, 0.4) is 0 Å². The van der Waals surface area contributed by atoms with Gasteiger partial charge in [-0.25, -0.2) is 4.98 Å². The molecule has 1 aliphatic heterocycles. The molecule has 1 aromatic carbocycles. The van der Waals surface area contributed by atoms with E-state index >= 15 is 0 Å². The summed E-state index contributed by atoms with van der Waals surface area (Å²) in [7, 11) is 0. The Bertz CT molecular complexity index is 687. The smallest absolute Gasteiger partial charge is 0.226 e. The molecule has 2 N–H and O–H groups in total. The molecule has 2 aliphatic rings. The van der Waals surface area contributed by atoms with Gasteiger partial charge < -0.3 is 19.8 Å². The number of ether oxygens (including phenoxy) is 1. The molecule has 1 unspecified atom stereocenters. The van der Waals surface area contributed by atoms with Gasteiger partial charge in [-0.3, -0.25) is 4.79 Å². The van der Waals surface area contributed by atoms with Crippen molar-refractivity contribution in [3.63, 3.8) is 0 Å². The third kappa shape index (κ3) is 2.98. The maximum Gasteiger partial charge on any atom is 0.226 e. The Morgan fingerprint density at radius 2 is 2.32 bits per heavy atom. The van der Waals surface area contributed by atoms with Gasteiger partial charge in [0.05, 0.1) is 13.2 Å². The summed E-state index contributed by atoms with van der Waals surface area (Å²) in [4.78, 5) is 16.6. The summed E-state index contributed by atoms with van der Waals surface area (Å²) in [5.74, 6) is 1.29. The summed E-state index contributed by atoms with van der Waals surface area (Å²) in [6.45, 7) is 2.09. The van der Waals surface area contributed by atoms with Crippen molar-refractivity contribution in [2.24, 2.45) is 0 Å². The van der Waals surface area contributed by atoms with E-state index in [4.69, 9.17) is 9.15 Å². The molecule has 2 aromatic rings. The molecular weight excluding hydrogens is 282 g/mol. The molecular formula is C16H19N3O3. The molecule has 6 heteroatoms. The third-order valence-electron chi connectivity index (χ3n) is 4.05. The zero-order chi connectivity index (χ0) is 14.9. The molecule has 1 aliphatic carbocycles. The Morgan fingerprint density at radius 1 is 1.41 bits per heavy atom. The van der Waals surface area contributed by atoms with Crippen LogP contribution in [0.5, 0.6) is 0 Å². The fourth-order valence-electron chi connectivity index (χ4n) is 2.71. The van der Waals surface area contributed by atoms with E-state index in [2.05, 4.69) is 15.6 Å². The van der Waals surface area contributed by atoms with Gasteiger partial charge in [0.25, 0.3) is 0 Å². The number of morpholine rings is 1. The maximum absolute atomic E-state index is 12.1. The van der Waals surface area contributed by atoms with Crippen molar-refractivity contribution >= 4 is 22.7 Å². The van der Waals surface area contributed by atoms with E-state index in [0.717, 1.165) is 42.1 Å². The van der Waals surface area contributed by atoms with Crippen molar-refractivity contribution in [2.45, 2.75) is 31.2 Å². The van der Waals surface area contributed by atoms with Crippen LogP contribution in [0.4, 0.5) is 5.69 Å². The van der Waals surface area contributed by atoms with Crippen LogP contribution in [0.25, 0.3) is 11.1 Å². The Kier molecular flexibility index (Phi) is 3.56. The lowest BCUT2D eigenvalue weighted by Gasteiger charge is -2.23. The number of amides is 1. The number of benzene rings is 1. The van der Waals surface area contributed by atoms with Crippen LogP contribution in [-0.2, 0) is 9.53 Å². The highest BCUT2D eigenvalue weighted by atomic mass is 16.5. The molecule has 116 valence electrons. The van der Waals surface area contributed by atoms with Crippen LogP contribution in [0.15, 0.2) is 22.6 Å². The van der Waals surface area contributed by atoms with E-state index in [1.54, 1.807) is 0 Å². The Labute approximate surface area is 128 Å². The minimum Gasteiger partial charge on any atom is -0.440 e. The molecule has 1 aromatic heterocycles. The summed E-state index contributed by atoms with van der Waals surface area (Å²) in [6.07, 6.45) is 2.72. The van der Waals surface area contributed by atoms with Crippen molar-refractivity contribution in [1.82, 2.24) is 10.3 Å². The molecule has 0 spiro atoms. The molecule has 22 heavy (non-hydrogen) atoms. The molecule has 0 radical (unpaired) electrons. The first-order chi connectivity index (χ1) is 10.8. The highest BCUT2D eigenvalue weighted by molar-refractivity contribution is 5.93. The lowest BCUT2D eigenvalue weighted by Crippen LogP contribution is -2.43. The number of rotatable bonds is 4. The quantitative estimate of drug-likeness (QED) is 0.903. The average molecular weight is 301 g/mol. The summed E-state index contributed by atoms with van der Waals surface area (Å²) in [5, 5.41) is 6.19. The van der Waals surface area contributed by atoms with Gasteiger partial charge in [0.15, 0.2) is 11.5 Å². The van der Waals surface area contributed by atoms with E-state index < -0.39 is 0 Å². The van der Waals surface area contributed by atoms with Gasteiger partial charge in [0.1, 0.15) is 5.52 Å². The number of oxazole rings is 1. The number of carbonyl (C=O) groups is 1. The second-order valence-corrected chi connectivity index (χ2v) is 5.99. The van der Waals surface area contributed by atoms with Gasteiger partial charge >= 0.3 is 0 Å². The largest absolute Gasteiger partial charge is 0.440 e. The predicted molar refractivity (Wildman–Crippen MR) is 81.8 cm³/mol. The van der Waals surface area contributed by atoms with Crippen molar-refractivity contribution in [2.75, 3.05) is 25.1 Å². The summed E-state index contributed by atoms with van der Waals surface area (Å²) < 4.78 is 11.1. The highest BCUT2D eigenvalue weighted by Crippen LogP contribution is 2.40. The number of nitrogens with one attached hydrogen (secondary N) is 2. The fourth-order valence-corrected chi connectivity index (χ4v) is 2.71. The first kappa shape index (κ1) is 13.7. The molecule has 1 saturated heterocycles. The molecule has 6 nitrogen and oxygen atoms in total. The molecule has 1 saturated carbocycles. The lowest BCUT2D eigenvalue weighted by atomic mass is 10.2. The van der Waals surface area contributed by atoms with Crippen molar-refractivity contribution in [1.29, 1.82) is 0 Å². The topological polar surface area (TPSA) is 76.4 Å². The zero-order valence-corrected chi connectivity index (χ0v) is 12.3.